The van der Waals surface area contributed by atoms with Gasteiger partial charge in [0, 0.05) is 0 Å². The minimum absolute atomic E-state index is 0.137. The molecule has 0 rings (SSSR count). The van der Waals surface area contributed by atoms with Gasteiger partial charge in [-0.25, -0.2) is 0 Å². The predicted molar refractivity (Wildman–Crippen MR) is 44.9 cm³/mol. The molecule has 0 aromatic rings. The summed E-state index contributed by atoms with van der Waals surface area (Å²) in [5.74, 6) is 0. The van der Waals surface area contributed by atoms with Gasteiger partial charge in [0.25, 0.3) is 0 Å². The summed E-state index contributed by atoms with van der Waals surface area (Å²) in [6.45, 7) is 2.31. The largest absolute Gasteiger partial charge is 0.392 e. The van der Waals surface area contributed by atoms with Crippen LogP contribution in [0.25, 0.3) is 0 Å². The zero-order chi connectivity index (χ0) is 7.66. The Balaban J connectivity index is 3.11. The van der Waals surface area contributed by atoms with Gasteiger partial charge in [0.15, 0.2) is 0 Å². The summed E-state index contributed by atoms with van der Waals surface area (Å²) < 4.78 is 0. The third-order valence-corrected chi connectivity index (χ3v) is 1.21. The zero-order valence-electron chi connectivity index (χ0n) is 6.59. The van der Waals surface area contributed by atoms with E-state index in [0.29, 0.717) is 0 Å². The molecular weight excluding hydrogens is 124 g/mol. The number of hydrogen-bond acceptors (Lipinski definition) is 1. The average Bonchev–Trinajstić information content (AvgIpc) is 1.97. The normalized spacial score (nSPS) is 11.8. The Hall–Kier alpha value is -0.560. The number of rotatable bonds is 5. The van der Waals surface area contributed by atoms with Gasteiger partial charge in [-0.15, -0.1) is 0 Å². The van der Waals surface area contributed by atoms with Crippen LogP contribution in [0, 0.1) is 0 Å². The summed E-state index contributed by atoms with van der Waals surface area (Å²) in [6.07, 6.45) is 11.3. The van der Waals surface area contributed by atoms with E-state index in [0.717, 1.165) is 6.42 Å². The summed E-state index contributed by atoms with van der Waals surface area (Å²) in [4.78, 5) is 0. The van der Waals surface area contributed by atoms with Crippen LogP contribution in [-0.2, 0) is 0 Å². The Morgan fingerprint density at radius 2 is 1.90 bits per heavy atom. The minimum atomic E-state index is 0.137. The lowest BCUT2D eigenvalue weighted by molar-refractivity contribution is 0.343. The van der Waals surface area contributed by atoms with Crippen LogP contribution in [-0.4, -0.2) is 11.7 Å². The molecule has 0 aliphatic rings. The maximum absolute atomic E-state index is 8.35. The second-order valence-corrected chi connectivity index (χ2v) is 2.18. The molecule has 58 valence electrons. The van der Waals surface area contributed by atoms with Crippen LogP contribution in [0.1, 0.15) is 26.2 Å². The van der Waals surface area contributed by atoms with Crippen molar-refractivity contribution in [3.8, 4) is 0 Å². The van der Waals surface area contributed by atoms with Crippen molar-refractivity contribution >= 4 is 0 Å². The second-order valence-electron chi connectivity index (χ2n) is 2.18. The first-order chi connectivity index (χ1) is 4.91. The van der Waals surface area contributed by atoms with Gasteiger partial charge in [-0.1, -0.05) is 44.1 Å². The van der Waals surface area contributed by atoms with E-state index in [1.54, 1.807) is 6.08 Å². The Bertz CT molecular complexity index is 103. The second kappa shape index (κ2) is 8.44. The average molecular weight is 140 g/mol. The van der Waals surface area contributed by atoms with Gasteiger partial charge in [-0.05, 0) is 6.42 Å². The number of hydrogen-bond donors (Lipinski definition) is 1. The van der Waals surface area contributed by atoms with Crippen LogP contribution < -0.4 is 0 Å². The maximum Gasteiger partial charge on any atom is 0.0615 e. The summed E-state index contributed by atoms with van der Waals surface area (Å²) in [5, 5.41) is 8.35. The van der Waals surface area contributed by atoms with Crippen LogP contribution in [0.15, 0.2) is 24.3 Å². The summed E-state index contributed by atoms with van der Waals surface area (Å²) >= 11 is 0. The topological polar surface area (TPSA) is 20.2 Å². The predicted octanol–water partition coefficient (Wildman–Crippen LogP) is 2.28. The molecule has 0 saturated carbocycles. The Morgan fingerprint density at radius 1 is 1.20 bits per heavy atom. The monoisotopic (exact) mass is 140 g/mol. The molecule has 1 nitrogen and oxygen atoms in total. The summed E-state index contributed by atoms with van der Waals surface area (Å²) in [6, 6.07) is 0. The van der Waals surface area contributed by atoms with Crippen molar-refractivity contribution in [1.82, 2.24) is 0 Å². The molecule has 0 fully saturated rings. The van der Waals surface area contributed by atoms with E-state index in [-0.39, 0.29) is 6.61 Å². The van der Waals surface area contributed by atoms with Gasteiger partial charge in [0.2, 0.25) is 0 Å². The molecule has 0 aliphatic carbocycles. The van der Waals surface area contributed by atoms with Gasteiger partial charge in [-0.3, -0.25) is 0 Å². The quantitative estimate of drug-likeness (QED) is 0.459. The Labute approximate surface area is 63.1 Å². The summed E-state index contributed by atoms with van der Waals surface area (Å²) in [5.41, 5.74) is 0. The van der Waals surface area contributed by atoms with Crippen molar-refractivity contribution in [2.24, 2.45) is 0 Å². The Kier molecular flexibility index (Phi) is 7.97. The number of allylic oxidation sites excluding steroid dienone is 3. The van der Waals surface area contributed by atoms with E-state index in [4.69, 9.17) is 5.11 Å². The van der Waals surface area contributed by atoms with E-state index < -0.39 is 0 Å². The lowest BCUT2D eigenvalue weighted by Gasteiger charge is -1.85. The fraction of sp³-hybridized carbons (Fsp3) is 0.556. The van der Waals surface area contributed by atoms with Crippen LogP contribution in [0.3, 0.4) is 0 Å². The van der Waals surface area contributed by atoms with Gasteiger partial charge >= 0.3 is 0 Å². The number of unbranched alkanes of at least 4 members (excludes halogenated alkanes) is 2. The highest BCUT2D eigenvalue weighted by Gasteiger charge is 1.74. The molecule has 0 atom stereocenters. The van der Waals surface area contributed by atoms with Crippen molar-refractivity contribution in [3.63, 3.8) is 0 Å². The van der Waals surface area contributed by atoms with E-state index >= 15 is 0 Å². The smallest absolute Gasteiger partial charge is 0.0615 e. The van der Waals surface area contributed by atoms with Crippen molar-refractivity contribution in [1.29, 1.82) is 0 Å². The highest BCUT2D eigenvalue weighted by Crippen LogP contribution is 1.94. The highest BCUT2D eigenvalue weighted by molar-refractivity contribution is 5.01. The summed E-state index contributed by atoms with van der Waals surface area (Å²) in [7, 11) is 0. The van der Waals surface area contributed by atoms with Crippen molar-refractivity contribution < 1.29 is 5.11 Å². The van der Waals surface area contributed by atoms with Crippen LogP contribution >= 0.6 is 0 Å². The van der Waals surface area contributed by atoms with Gasteiger partial charge < -0.3 is 5.11 Å². The molecule has 0 aliphatic heterocycles. The standard InChI is InChI=1S/C9H16O/c1-2-3-4-5-6-7-8-9-10/h5-8,10H,2-4,9H2,1H3/b6-5+,8-7+. The minimum Gasteiger partial charge on any atom is -0.392 e. The van der Waals surface area contributed by atoms with Crippen molar-refractivity contribution in [3.05, 3.63) is 24.3 Å². The van der Waals surface area contributed by atoms with E-state index in [1.165, 1.54) is 12.8 Å². The van der Waals surface area contributed by atoms with Crippen LogP contribution in [0.2, 0.25) is 0 Å². The molecule has 10 heavy (non-hydrogen) atoms. The molecule has 0 bridgehead atoms. The maximum atomic E-state index is 8.35. The molecule has 0 aromatic heterocycles. The molecule has 0 aromatic carbocycles. The number of aliphatic hydroxyl groups is 1. The molecular formula is C9H16O. The molecule has 1 heteroatoms. The highest BCUT2D eigenvalue weighted by atomic mass is 16.2. The molecule has 0 unspecified atom stereocenters. The number of aliphatic hydroxyl groups excluding tert-OH is 1. The first kappa shape index (κ1) is 9.44. The molecule has 0 radical (unpaired) electrons. The van der Waals surface area contributed by atoms with E-state index in [1.807, 2.05) is 12.2 Å². The zero-order valence-corrected chi connectivity index (χ0v) is 6.59. The SMILES string of the molecule is CCCC/C=C/C=C/CO. The Morgan fingerprint density at radius 3 is 2.50 bits per heavy atom. The molecule has 1 N–H and O–H groups in total. The fourth-order valence-corrected chi connectivity index (χ4v) is 0.636. The first-order valence-corrected chi connectivity index (χ1v) is 3.84. The molecule has 0 amide bonds. The lowest BCUT2D eigenvalue weighted by Crippen LogP contribution is -1.68. The molecule has 0 saturated heterocycles. The third kappa shape index (κ3) is 7.44. The molecule has 0 heterocycles. The van der Waals surface area contributed by atoms with E-state index in [9.17, 15) is 0 Å². The van der Waals surface area contributed by atoms with Crippen LogP contribution in [0.4, 0.5) is 0 Å². The van der Waals surface area contributed by atoms with Crippen molar-refractivity contribution in [2.45, 2.75) is 26.2 Å². The van der Waals surface area contributed by atoms with Crippen LogP contribution in [0.5, 0.6) is 0 Å². The van der Waals surface area contributed by atoms with Gasteiger partial charge in [0.1, 0.15) is 0 Å². The van der Waals surface area contributed by atoms with Gasteiger partial charge in [0.05, 0.1) is 6.61 Å². The van der Waals surface area contributed by atoms with E-state index in [2.05, 4.69) is 13.0 Å². The third-order valence-electron chi connectivity index (χ3n) is 1.21. The lowest BCUT2D eigenvalue weighted by atomic mass is 10.2. The van der Waals surface area contributed by atoms with Gasteiger partial charge in [-0.2, -0.15) is 0 Å². The first-order valence-electron chi connectivity index (χ1n) is 3.84. The molecule has 0 spiro atoms. The van der Waals surface area contributed by atoms with Crippen molar-refractivity contribution in [2.75, 3.05) is 6.61 Å². The fourth-order valence-electron chi connectivity index (χ4n) is 0.636.